The summed E-state index contributed by atoms with van der Waals surface area (Å²) in [5.41, 5.74) is 6.36. The van der Waals surface area contributed by atoms with Gasteiger partial charge in [-0.3, -0.25) is 0 Å². The third-order valence-corrected chi connectivity index (χ3v) is 1.53. The van der Waals surface area contributed by atoms with E-state index in [4.69, 9.17) is 5.73 Å². The van der Waals surface area contributed by atoms with E-state index in [1.165, 1.54) is 7.11 Å². The first-order valence-electron chi connectivity index (χ1n) is 3.61. The Balaban J connectivity index is 3.04. The van der Waals surface area contributed by atoms with Crippen LogP contribution in [0.15, 0.2) is 0 Å². The highest BCUT2D eigenvalue weighted by atomic mass is 16.5. The van der Waals surface area contributed by atoms with E-state index in [-0.39, 0.29) is 11.6 Å². The first-order valence-corrected chi connectivity index (χ1v) is 3.61. The van der Waals surface area contributed by atoms with Crippen molar-refractivity contribution in [1.82, 2.24) is 9.97 Å². The van der Waals surface area contributed by atoms with Crippen LogP contribution < -0.4 is 5.73 Å². The number of aromatic nitrogens is 2. The summed E-state index contributed by atoms with van der Waals surface area (Å²) in [4.78, 5) is 17.6. The summed E-state index contributed by atoms with van der Waals surface area (Å²) >= 11 is 0. The molecule has 0 aliphatic carbocycles. The molecular weight excluding hydrogens is 158 g/mol. The average molecular weight is 169 g/mol. The van der Waals surface area contributed by atoms with Gasteiger partial charge in [-0.05, 0) is 6.42 Å². The molecule has 0 amide bonds. The Kier molecular flexibility index (Phi) is 2.32. The van der Waals surface area contributed by atoms with Gasteiger partial charge in [-0.15, -0.1) is 0 Å². The lowest BCUT2D eigenvalue weighted by atomic mass is 10.3. The van der Waals surface area contributed by atoms with Crippen molar-refractivity contribution in [2.45, 2.75) is 13.3 Å². The Morgan fingerprint density at radius 3 is 2.92 bits per heavy atom. The van der Waals surface area contributed by atoms with Gasteiger partial charge in [-0.1, -0.05) is 6.92 Å². The van der Waals surface area contributed by atoms with E-state index in [9.17, 15) is 4.79 Å². The number of carbonyl (C=O) groups excluding carboxylic acids is 1. The van der Waals surface area contributed by atoms with E-state index >= 15 is 0 Å². The Labute approximate surface area is 69.9 Å². The topological polar surface area (TPSA) is 81.0 Å². The highest BCUT2D eigenvalue weighted by molar-refractivity contribution is 5.88. The number of anilines is 1. The molecule has 1 heterocycles. The number of carbonyl (C=O) groups is 1. The minimum Gasteiger partial charge on any atom is -0.464 e. The summed E-state index contributed by atoms with van der Waals surface area (Å²) < 4.78 is 4.52. The van der Waals surface area contributed by atoms with Crippen LogP contribution in [0.5, 0.6) is 0 Å². The van der Waals surface area contributed by atoms with Crippen LogP contribution in [0.25, 0.3) is 0 Å². The number of hydrogen-bond acceptors (Lipinski definition) is 4. The van der Waals surface area contributed by atoms with Crippen LogP contribution in [0.4, 0.5) is 5.95 Å². The Morgan fingerprint density at radius 2 is 2.42 bits per heavy atom. The second-order valence-electron chi connectivity index (χ2n) is 2.29. The van der Waals surface area contributed by atoms with Crippen molar-refractivity contribution in [2.24, 2.45) is 0 Å². The summed E-state index contributed by atoms with van der Waals surface area (Å²) in [7, 11) is 1.31. The maximum Gasteiger partial charge on any atom is 0.358 e. The smallest absolute Gasteiger partial charge is 0.358 e. The van der Waals surface area contributed by atoms with Crippen molar-refractivity contribution in [2.75, 3.05) is 12.8 Å². The molecule has 0 fully saturated rings. The summed E-state index contributed by atoms with van der Waals surface area (Å²) in [6.45, 7) is 1.90. The van der Waals surface area contributed by atoms with Crippen molar-refractivity contribution < 1.29 is 9.53 Å². The highest BCUT2D eigenvalue weighted by Crippen LogP contribution is 2.08. The first-order chi connectivity index (χ1) is 5.69. The lowest BCUT2D eigenvalue weighted by molar-refractivity contribution is 0.0593. The van der Waals surface area contributed by atoms with Crippen molar-refractivity contribution in [1.29, 1.82) is 0 Å². The summed E-state index contributed by atoms with van der Waals surface area (Å²) in [5.74, 6) is -0.216. The molecule has 1 aromatic heterocycles. The lowest BCUT2D eigenvalue weighted by Crippen LogP contribution is -2.04. The molecule has 66 valence electrons. The number of nitrogens with two attached hydrogens (primary N) is 1. The normalized spacial score (nSPS) is 9.83. The number of nitrogen functional groups attached to an aromatic ring is 1. The second kappa shape index (κ2) is 3.25. The number of aromatic amines is 1. The van der Waals surface area contributed by atoms with Gasteiger partial charge in [0.05, 0.1) is 12.8 Å². The molecule has 1 aromatic rings. The molecule has 1 rings (SSSR count). The zero-order valence-electron chi connectivity index (χ0n) is 7.05. The maximum atomic E-state index is 11.0. The second-order valence-corrected chi connectivity index (χ2v) is 2.29. The number of rotatable bonds is 2. The van der Waals surface area contributed by atoms with Gasteiger partial charge in [0.15, 0.2) is 11.6 Å². The van der Waals surface area contributed by atoms with Crippen molar-refractivity contribution in [3.8, 4) is 0 Å². The van der Waals surface area contributed by atoms with E-state index in [0.29, 0.717) is 12.1 Å². The van der Waals surface area contributed by atoms with Crippen LogP contribution in [0.2, 0.25) is 0 Å². The number of hydrogen-bond donors (Lipinski definition) is 2. The molecule has 0 aromatic carbocycles. The third kappa shape index (κ3) is 1.39. The molecule has 3 N–H and O–H groups in total. The Hall–Kier alpha value is -1.52. The predicted molar refractivity (Wildman–Crippen MR) is 43.7 cm³/mol. The Morgan fingerprint density at radius 1 is 1.75 bits per heavy atom. The average Bonchev–Trinajstić information content (AvgIpc) is 2.45. The molecule has 0 saturated carbocycles. The number of methoxy groups -OCH3 is 1. The van der Waals surface area contributed by atoms with Gasteiger partial charge in [0.2, 0.25) is 0 Å². The zero-order chi connectivity index (χ0) is 9.14. The van der Waals surface area contributed by atoms with Gasteiger partial charge >= 0.3 is 5.97 Å². The highest BCUT2D eigenvalue weighted by Gasteiger charge is 2.15. The maximum absolute atomic E-state index is 11.0. The predicted octanol–water partition coefficient (Wildman–Crippen LogP) is 0.341. The fraction of sp³-hybridized carbons (Fsp3) is 0.429. The van der Waals surface area contributed by atoms with Gasteiger partial charge in [-0.25, -0.2) is 9.78 Å². The number of ether oxygens (including phenoxy) is 1. The molecule has 0 atom stereocenters. The zero-order valence-corrected chi connectivity index (χ0v) is 7.05. The van der Waals surface area contributed by atoms with Crippen LogP contribution in [0.3, 0.4) is 0 Å². The number of esters is 1. The number of H-pyrrole nitrogens is 1. The van der Waals surface area contributed by atoms with Crippen LogP contribution in [-0.4, -0.2) is 23.0 Å². The number of nitrogens with zero attached hydrogens (tertiary/aromatic N) is 1. The van der Waals surface area contributed by atoms with E-state index in [1.807, 2.05) is 6.92 Å². The van der Waals surface area contributed by atoms with Crippen molar-refractivity contribution >= 4 is 11.9 Å². The molecule has 0 bridgehead atoms. The third-order valence-electron chi connectivity index (χ3n) is 1.53. The summed E-state index contributed by atoms with van der Waals surface area (Å²) in [5, 5.41) is 0. The molecule has 12 heavy (non-hydrogen) atoms. The summed E-state index contributed by atoms with van der Waals surface area (Å²) in [6.07, 6.45) is 0.675. The van der Waals surface area contributed by atoms with Crippen LogP contribution in [0.1, 0.15) is 23.1 Å². The van der Waals surface area contributed by atoms with Crippen LogP contribution >= 0.6 is 0 Å². The molecule has 0 aliphatic heterocycles. The molecule has 5 heteroatoms. The number of nitrogens with one attached hydrogen (secondary N) is 1. The van der Waals surface area contributed by atoms with Crippen molar-refractivity contribution in [3.05, 3.63) is 11.4 Å². The molecule has 5 nitrogen and oxygen atoms in total. The molecule has 0 saturated heterocycles. The van der Waals surface area contributed by atoms with E-state index < -0.39 is 5.97 Å². The fourth-order valence-electron chi connectivity index (χ4n) is 0.951. The van der Waals surface area contributed by atoms with Gasteiger partial charge < -0.3 is 15.5 Å². The van der Waals surface area contributed by atoms with E-state index in [0.717, 1.165) is 0 Å². The monoisotopic (exact) mass is 169 g/mol. The van der Waals surface area contributed by atoms with Gasteiger partial charge in [0, 0.05) is 0 Å². The number of imidazole rings is 1. The Bertz CT molecular complexity index is 293. The molecule has 0 aliphatic rings. The van der Waals surface area contributed by atoms with Gasteiger partial charge in [0.25, 0.3) is 0 Å². The number of aryl methyl sites for hydroxylation is 1. The van der Waals surface area contributed by atoms with Crippen molar-refractivity contribution in [3.63, 3.8) is 0 Å². The minimum atomic E-state index is -0.459. The largest absolute Gasteiger partial charge is 0.464 e. The minimum absolute atomic E-state index is 0.243. The standard InChI is InChI=1S/C7H11N3O2/c1-3-4-5(6(11)12-2)10-7(8)9-4/h3H2,1-2H3,(H3,8,9,10). The van der Waals surface area contributed by atoms with Gasteiger partial charge in [0.1, 0.15) is 0 Å². The van der Waals surface area contributed by atoms with Crippen LogP contribution in [0, 0.1) is 0 Å². The fourth-order valence-corrected chi connectivity index (χ4v) is 0.951. The molecule has 0 spiro atoms. The first kappa shape index (κ1) is 8.58. The van der Waals surface area contributed by atoms with Gasteiger partial charge in [-0.2, -0.15) is 0 Å². The summed E-state index contributed by atoms with van der Waals surface area (Å²) in [6, 6.07) is 0. The SMILES string of the molecule is CCc1[nH]c(N)nc1C(=O)OC. The quantitative estimate of drug-likeness (QED) is 0.625. The molecule has 0 unspecified atom stereocenters. The molecule has 0 radical (unpaired) electrons. The van der Waals surface area contributed by atoms with E-state index in [2.05, 4.69) is 14.7 Å². The molecular formula is C7H11N3O2. The van der Waals surface area contributed by atoms with E-state index in [1.54, 1.807) is 0 Å². The lowest BCUT2D eigenvalue weighted by Gasteiger charge is -1.95. The van der Waals surface area contributed by atoms with Crippen LogP contribution in [-0.2, 0) is 11.2 Å².